The second-order valence-corrected chi connectivity index (χ2v) is 23.5. The molecule has 6 heteroatoms. The zero-order valence-corrected chi connectivity index (χ0v) is 50.8. The summed E-state index contributed by atoms with van der Waals surface area (Å²) in [6, 6.07) is -0.627. The van der Waals surface area contributed by atoms with Crippen molar-refractivity contribution in [2.75, 3.05) is 13.2 Å². The standard InChI is InChI=1S/C69H133NO5/c1-3-5-7-9-11-13-15-17-19-21-31-35-39-43-47-51-55-59-63-69(74)75-64-60-56-52-48-44-40-36-32-29-27-25-23-22-24-26-28-30-34-38-42-46-50-54-58-62-68(73)70-66(65-71)67(72)61-57-53-49-45-41-37-33-20-18-16-14-12-10-8-6-4-2/h19,21,57,61,66-67,71-72H,3-18,20,22-56,58-60,62-65H2,1-2H3,(H,70,73)/b21-19-,61-57+. The van der Waals surface area contributed by atoms with Crippen LogP contribution in [0.4, 0.5) is 0 Å². The number of aliphatic hydroxyl groups is 2. The minimum absolute atomic E-state index is 0.0127. The van der Waals surface area contributed by atoms with Crippen LogP contribution in [0.1, 0.15) is 380 Å². The van der Waals surface area contributed by atoms with E-state index in [0.717, 1.165) is 44.9 Å². The Labute approximate surface area is 469 Å². The van der Waals surface area contributed by atoms with Crippen molar-refractivity contribution in [3.63, 3.8) is 0 Å². The van der Waals surface area contributed by atoms with Gasteiger partial charge in [0.05, 0.1) is 25.4 Å². The third kappa shape index (κ3) is 61.4. The topological polar surface area (TPSA) is 95.9 Å². The van der Waals surface area contributed by atoms with E-state index in [-0.39, 0.29) is 18.5 Å². The lowest BCUT2D eigenvalue weighted by Crippen LogP contribution is -2.45. The molecular weight excluding hydrogens is 923 g/mol. The Morgan fingerprint density at radius 2 is 0.627 bits per heavy atom. The molecule has 0 saturated carbocycles. The highest BCUT2D eigenvalue weighted by Crippen LogP contribution is 2.18. The maximum atomic E-state index is 12.5. The molecule has 0 heterocycles. The Morgan fingerprint density at radius 1 is 0.360 bits per heavy atom. The monoisotopic (exact) mass is 1060 g/mol. The molecule has 0 aromatic heterocycles. The zero-order valence-electron chi connectivity index (χ0n) is 50.8. The fourth-order valence-electron chi connectivity index (χ4n) is 10.7. The number of unbranched alkanes of at least 4 members (excludes halogenated alkanes) is 51. The quantitative estimate of drug-likeness (QED) is 0.0320. The summed E-state index contributed by atoms with van der Waals surface area (Å²) < 4.78 is 5.50. The van der Waals surface area contributed by atoms with Gasteiger partial charge in [-0.15, -0.1) is 0 Å². The molecule has 0 aliphatic rings. The number of nitrogens with one attached hydrogen (secondary N) is 1. The van der Waals surface area contributed by atoms with Crippen molar-refractivity contribution in [1.82, 2.24) is 5.32 Å². The number of hydrogen-bond acceptors (Lipinski definition) is 5. The Kier molecular flexibility index (Phi) is 63.4. The van der Waals surface area contributed by atoms with Crippen LogP contribution < -0.4 is 5.32 Å². The van der Waals surface area contributed by atoms with Gasteiger partial charge in [0.15, 0.2) is 0 Å². The van der Waals surface area contributed by atoms with Crippen molar-refractivity contribution in [2.45, 2.75) is 392 Å². The second-order valence-electron chi connectivity index (χ2n) is 23.5. The van der Waals surface area contributed by atoms with E-state index in [2.05, 4.69) is 31.3 Å². The van der Waals surface area contributed by atoms with Gasteiger partial charge in [-0.1, -0.05) is 334 Å². The maximum absolute atomic E-state index is 12.5. The molecule has 0 aromatic carbocycles. The summed E-state index contributed by atoms with van der Waals surface area (Å²) in [7, 11) is 0. The lowest BCUT2D eigenvalue weighted by atomic mass is 10.0. The first kappa shape index (κ1) is 73.3. The van der Waals surface area contributed by atoms with Crippen LogP contribution in [0.2, 0.25) is 0 Å². The van der Waals surface area contributed by atoms with Gasteiger partial charge < -0.3 is 20.3 Å². The first-order chi connectivity index (χ1) is 37.0. The summed E-state index contributed by atoms with van der Waals surface area (Å²) in [6.45, 7) is 4.93. The van der Waals surface area contributed by atoms with Gasteiger partial charge in [0.2, 0.25) is 5.91 Å². The summed E-state index contributed by atoms with van der Waals surface area (Å²) in [5, 5.41) is 23.2. The van der Waals surface area contributed by atoms with Crippen molar-refractivity contribution >= 4 is 11.9 Å². The van der Waals surface area contributed by atoms with E-state index in [1.165, 1.54) is 308 Å². The molecule has 0 radical (unpaired) electrons. The highest BCUT2D eigenvalue weighted by molar-refractivity contribution is 5.76. The molecule has 3 N–H and O–H groups in total. The van der Waals surface area contributed by atoms with Gasteiger partial charge in [0, 0.05) is 12.8 Å². The smallest absolute Gasteiger partial charge is 0.305 e. The summed E-state index contributed by atoms with van der Waals surface area (Å²) >= 11 is 0. The highest BCUT2D eigenvalue weighted by Gasteiger charge is 2.18. The first-order valence-corrected chi connectivity index (χ1v) is 34.1. The SMILES string of the molecule is CCCCCCCCC/C=C\CCCCCCCCCC(=O)OCCCCCCCCCCCCCCCCCCCCCCCCCCC(=O)NC(CO)C(O)/C=C/CCCCCCCCCCCCCCCC. The molecule has 0 aliphatic heterocycles. The van der Waals surface area contributed by atoms with Crippen LogP contribution in [0.25, 0.3) is 0 Å². The summed E-state index contributed by atoms with van der Waals surface area (Å²) in [5.74, 6) is -0.0515. The molecule has 0 rings (SSSR count). The largest absolute Gasteiger partial charge is 0.466 e. The third-order valence-corrected chi connectivity index (χ3v) is 16.0. The van der Waals surface area contributed by atoms with Crippen LogP contribution in [0, 0.1) is 0 Å². The molecule has 1 amide bonds. The van der Waals surface area contributed by atoms with Crippen LogP contribution in [0.5, 0.6) is 0 Å². The Balaban J connectivity index is 3.37. The Bertz CT molecular complexity index is 1170. The summed E-state index contributed by atoms with van der Waals surface area (Å²) in [4.78, 5) is 24.6. The number of rotatable bonds is 64. The van der Waals surface area contributed by atoms with Gasteiger partial charge >= 0.3 is 5.97 Å². The predicted octanol–water partition coefficient (Wildman–Crippen LogP) is 21.8. The number of carbonyl (C=O) groups excluding carboxylic acids is 2. The zero-order chi connectivity index (χ0) is 54.3. The molecule has 444 valence electrons. The molecule has 0 bridgehead atoms. The Morgan fingerprint density at radius 3 is 0.947 bits per heavy atom. The minimum Gasteiger partial charge on any atom is -0.466 e. The molecular formula is C69H133NO5. The number of ether oxygens (including phenoxy) is 1. The van der Waals surface area contributed by atoms with E-state index >= 15 is 0 Å². The van der Waals surface area contributed by atoms with E-state index in [1.807, 2.05) is 6.08 Å². The second kappa shape index (κ2) is 64.9. The van der Waals surface area contributed by atoms with E-state index in [9.17, 15) is 19.8 Å². The maximum Gasteiger partial charge on any atom is 0.305 e. The lowest BCUT2D eigenvalue weighted by molar-refractivity contribution is -0.143. The number of esters is 1. The number of aliphatic hydroxyl groups excluding tert-OH is 2. The lowest BCUT2D eigenvalue weighted by Gasteiger charge is -2.20. The first-order valence-electron chi connectivity index (χ1n) is 34.1. The minimum atomic E-state index is -0.843. The molecule has 2 atom stereocenters. The van der Waals surface area contributed by atoms with E-state index in [1.54, 1.807) is 6.08 Å². The van der Waals surface area contributed by atoms with Crippen molar-refractivity contribution in [1.29, 1.82) is 0 Å². The van der Waals surface area contributed by atoms with E-state index in [4.69, 9.17) is 4.74 Å². The normalized spacial score (nSPS) is 12.6. The van der Waals surface area contributed by atoms with Gasteiger partial charge in [-0.3, -0.25) is 9.59 Å². The van der Waals surface area contributed by atoms with Gasteiger partial charge in [-0.25, -0.2) is 0 Å². The fourth-order valence-corrected chi connectivity index (χ4v) is 10.7. The van der Waals surface area contributed by atoms with Crippen LogP contribution in [-0.2, 0) is 14.3 Å². The van der Waals surface area contributed by atoms with Crippen molar-refractivity contribution in [3.05, 3.63) is 24.3 Å². The predicted molar refractivity (Wildman–Crippen MR) is 329 cm³/mol. The number of amides is 1. The van der Waals surface area contributed by atoms with Gasteiger partial charge in [-0.05, 0) is 57.8 Å². The third-order valence-electron chi connectivity index (χ3n) is 16.0. The van der Waals surface area contributed by atoms with E-state index in [0.29, 0.717) is 19.4 Å². The Hall–Kier alpha value is -1.66. The van der Waals surface area contributed by atoms with Crippen molar-refractivity contribution in [3.8, 4) is 0 Å². The van der Waals surface area contributed by atoms with Crippen molar-refractivity contribution in [2.24, 2.45) is 0 Å². The van der Waals surface area contributed by atoms with E-state index < -0.39 is 12.1 Å². The molecule has 0 spiro atoms. The molecule has 0 saturated heterocycles. The van der Waals surface area contributed by atoms with Crippen molar-refractivity contribution < 1.29 is 24.5 Å². The number of allylic oxidation sites excluding steroid dienone is 3. The van der Waals surface area contributed by atoms with Gasteiger partial charge in [0.25, 0.3) is 0 Å². The number of carbonyl (C=O) groups is 2. The average molecular weight is 1060 g/mol. The number of hydrogen-bond donors (Lipinski definition) is 3. The molecule has 0 aromatic rings. The molecule has 2 unspecified atom stereocenters. The van der Waals surface area contributed by atoms with Crippen LogP contribution in [0.3, 0.4) is 0 Å². The van der Waals surface area contributed by atoms with Crippen LogP contribution >= 0.6 is 0 Å². The summed E-state index contributed by atoms with van der Waals surface area (Å²) in [6.07, 6.45) is 81.0. The van der Waals surface area contributed by atoms with Gasteiger partial charge in [-0.2, -0.15) is 0 Å². The van der Waals surface area contributed by atoms with Crippen LogP contribution in [0.15, 0.2) is 24.3 Å². The van der Waals surface area contributed by atoms with Gasteiger partial charge in [0.1, 0.15) is 0 Å². The summed E-state index contributed by atoms with van der Waals surface area (Å²) in [5.41, 5.74) is 0. The molecule has 0 aliphatic carbocycles. The average Bonchev–Trinajstić information content (AvgIpc) is 3.41. The molecule has 6 nitrogen and oxygen atoms in total. The molecule has 75 heavy (non-hydrogen) atoms. The van der Waals surface area contributed by atoms with Crippen LogP contribution in [-0.4, -0.2) is 47.4 Å². The fraction of sp³-hybridized carbons (Fsp3) is 0.913. The molecule has 0 fully saturated rings. The highest BCUT2D eigenvalue weighted by atomic mass is 16.5.